The van der Waals surface area contributed by atoms with E-state index in [0.29, 0.717) is 0 Å². The minimum absolute atomic E-state index is 0. The van der Waals surface area contributed by atoms with Gasteiger partial charge in [0.15, 0.2) is 0 Å². The molecule has 0 fully saturated rings. The fourth-order valence-corrected chi connectivity index (χ4v) is 0.248. The van der Waals surface area contributed by atoms with Crippen LogP contribution in [0.1, 0.15) is 6.42 Å². The first-order chi connectivity index (χ1) is 4.20. The summed E-state index contributed by atoms with van der Waals surface area (Å²) in [7, 11) is 0. The van der Waals surface area contributed by atoms with Crippen LogP contribution in [-0.2, 0) is 9.59 Å². The van der Waals surface area contributed by atoms with Gasteiger partial charge in [-0.3, -0.25) is 20.4 Å². The first-order valence-corrected chi connectivity index (χ1v) is 2.19. The number of nitrogens with two attached hydrogens (primary N) is 2. The van der Waals surface area contributed by atoms with Crippen molar-refractivity contribution >= 4 is 11.8 Å². The van der Waals surface area contributed by atoms with Gasteiger partial charge in [0.2, 0.25) is 11.8 Å². The lowest BCUT2D eigenvalue weighted by molar-refractivity contribution is -0.129. The van der Waals surface area contributed by atoms with Gasteiger partial charge < -0.3 is 5.48 Å². The molecule has 0 spiro atoms. The number of hydrogen-bond donors (Lipinski definition) is 4. The monoisotopic (exact) mass is 150 g/mol. The molecule has 0 aliphatic carbocycles. The van der Waals surface area contributed by atoms with E-state index in [9.17, 15) is 9.59 Å². The first-order valence-electron chi connectivity index (χ1n) is 2.19. The van der Waals surface area contributed by atoms with Gasteiger partial charge in [-0.15, -0.1) is 0 Å². The van der Waals surface area contributed by atoms with Crippen molar-refractivity contribution < 1.29 is 15.1 Å². The Kier molecular flexibility index (Phi) is 6.90. The summed E-state index contributed by atoms with van der Waals surface area (Å²) in [4.78, 5) is 20.5. The van der Waals surface area contributed by atoms with Crippen molar-refractivity contribution in [2.24, 2.45) is 11.7 Å². The van der Waals surface area contributed by atoms with Gasteiger partial charge >= 0.3 is 0 Å². The minimum atomic E-state index is -0.571. The van der Waals surface area contributed by atoms with Crippen LogP contribution in [0.15, 0.2) is 0 Å². The molecule has 10 heavy (non-hydrogen) atoms. The van der Waals surface area contributed by atoms with Crippen LogP contribution in [0.2, 0.25) is 0 Å². The molecule has 0 heterocycles. The lowest BCUT2D eigenvalue weighted by Gasteiger charge is -1.95. The summed E-state index contributed by atoms with van der Waals surface area (Å²) in [5, 5.41) is 0. The van der Waals surface area contributed by atoms with E-state index in [-0.39, 0.29) is 11.9 Å². The molecule has 7 nitrogen and oxygen atoms in total. The van der Waals surface area contributed by atoms with E-state index in [2.05, 4.69) is 11.7 Å². The Hall–Kier alpha value is -1.18. The van der Waals surface area contributed by atoms with Crippen LogP contribution >= 0.6 is 0 Å². The zero-order valence-corrected chi connectivity index (χ0v) is 5.18. The van der Waals surface area contributed by atoms with E-state index >= 15 is 0 Å². The molecule has 0 saturated carbocycles. The maximum absolute atomic E-state index is 10.2. The maximum Gasteiger partial charge on any atom is 0.243 e. The van der Waals surface area contributed by atoms with E-state index < -0.39 is 11.8 Å². The maximum atomic E-state index is 10.2. The predicted molar refractivity (Wildman–Crippen MR) is 32.9 cm³/mol. The molecule has 0 aliphatic heterocycles. The number of amides is 2. The summed E-state index contributed by atoms with van der Waals surface area (Å²) in [6, 6.07) is 0. The van der Waals surface area contributed by atoms with Crippen LogP contribution in [0, 0.1) is 0 Å². The van der Waals surface area contributed by atoms with Gasteiger partial charge in [0, 0.05) is 0 Å². The number of carbonyl (C=O) groups excluding carboxylic acids is 2. The van der Waals surface area contributed by atoms with Gasteiger partial charge in [-0.25, -0.2) is 11.7 Å². The second-order valence-corrected chi connectivity index (χ2v) is 1.31. The van der Waals surface area contributed by atoms with Crippen LogP contribution < -0.4 is 22.5 Å². The van der Waals surface area contributed by atoms with Gasteiger partial charge in [-0.2, -0.15) is 0 Å². The fraction of sp³-hybridized carbons (Fsp3) is 0.333. The van der Waals surface area contributed by atoms with Crippen molar-refractivity contribution in [3.63, 3.8) is 0 Å². The number of nitrogens with one attached hydrogen (secondary N) is 2. The summed E-state index contributed by atoms with van der Waals surface area (Å²) in [5.74, 6) is 8.17. The molecule has 0 atom stereocenters. The second kappa shape index (κ2) is 5.95. The van der Waals surface area contributed by atoms with E-state index in [1.165, 1.54) is 0 Å². The molecule has 0 radical (unpaired) electrons. The van der Waals surface area contributed by atoms with Crippen molar-refractivity contribution in [1.29, 1.82) is 0 Å². The molecular formula is C3H10N4O3. The van der Waals surface area contributed by atoms with Gasteiger partial charge in [0.1, 0.15) is 6.42 Å². The van der Waals surface area contributed by atoms with Crippen molar-refractivity contribution in [3.8, 4) is 0 Å². The molecule has 0 bridgehead atoms. The molecular weight excluding hydrogens is 140 g/mol. The summed E-state index contributed by atoms with van der Waals surface area (Å²) >= 11 is 0. The zero-order valence-electron chi connectivity index (χ0n) is 5.18. The molecule has 0 aromatic rings. The molecule has 0 unspecified atom stereocenters. The Balaban J connectivity index is 0. The van der Waals surface area contributed by atoms with Crippen LogP contribution in [-0.4, -0.2) is 17.3 Å². The highest BCUT2D eigenvalue weighted by Gasteiger charge is 2.03. The average Bonchev–Trinajstić information content (AvgIpc) is 1.87. The van der Waals surface area contributed by atoms with Crippen molar-refractivity contribution in [1.82, 2.24) is 10.9 Å². The van der Waals surface area contributed by atoms with Gasteiger partial charge in [-0.1, -0.05) is 0 Å². The van der Waals surface area contributed by atoms with Gasteiger partial charge in [0.05, 0.1) is 0 Å². The third-order valence-electron chi connectivity index (χ3n) is 0.643. The lowest BCUT2D eigenvalue weighted by atomic mass is 10.4. The van der Waals surface area contributed by atoms with E-state index in [1.54, 1.807) is 10.9 Å². The van der Waals surface area contributed by atoms with E-state index in [0.717, 1.165) is 0 Å². The van der Waals surface area contributed by atoms with E-state index in [1.807, 2.05) is 0 Å². The molecule has 2 amide bonds. The zero-order chi connectivity index (χ0) is 7.28. The smallest absolute Gasteiger partial charge is 0.243 e. The third-order valence-corrected chi connectivity index (χ3v) is 0.643. The molecule has 8 N–H and O–H groups in total. The van der Waals surface area contributed by atoms with Crippen LogP contribution in [0.25, 0.3) is 0 Å². The Bertz CT molecular complexity index is 111. The van der Waals surface area contributed by atoms with Crippen LogP contribution in [0.5, 0.6) is 0 Å². The lowest BCUT2D eigenvalue weighted by Crippen LogP contribution is -2.37. The number of hydrazine groups is 2. The standard InChI is InChI=1S/C3H8N4O2.H2O/c4-6-2(8)1-3(9)7-5;/h1,4-5H2,(H,6,8)(H,7,9);1H2. The van der Waals surface area contributed by atoms with Crippen LogP contribution in [0.3, 0.4) is 0 Å². The first kappa shape index (κ1) is 11.6. The molecule has 0 aromatic heterocycles. The largest absolute Gasteiger partial charge is 0.412 e. The van der Waals surface area contributed by atoms with E-state index in [4.69, 9.17) is 0 Å². The molecule has 7 heteroatoms. The normalized spacial score (nSPS) is 7.40. The Morgan fingerprint density at radius 3 is 1.60 bits per heavy atom. The average molecular weight is 150 g/mol. The topological polar surface area (TPSA) is 142 Å². The Labute approximate surface area is 57.0 Å². The summed E-state index contributed by atoms with van der Waals surface area (Å²) in [6.07, 6.45) is -0.340. The highest BCUT2D eigenvalue weighted by atomic mass is 16.2. The van der Waals surface area contributed by atoms with Crippen molar-refractivity contribution in [2.75, 3.05) is 0 Å². The van der Waals surface area contributed by atoms with Crippen LogP contribution in [0.4, 0.5) is 0 Å². The number of carbonyl (C=O) groups is 2. The quantitative estimate of drug-likeness (QED) is 0.140. The highest BCUT2D eigenvalue weighted by Crippen LogP contribution is 1.73. The SMILES string of the molecule is NNC(=O)CC(=O)NN.O. The molecule has 0 aromatic carbocycles. The molecule has 60 valence electrons. The molecule has 0 aliphatic rings. The Morgan fingerprint density at radius 1 is 1.10 bits per heavy atom. The summed E-state index contributed by atoms with van der Waals surface area (Å²) < 4.78 is 0. The van der Waals surface area contributed by atoms with Crippen molar-refractivity contribution in [3.05, 3.63) is 0 Å². The van der Waals surface area contributed by atoms with Gasteiger partial charge in [-0.05, 0) is 0 Å². The fourth-order valence-electron chi connectivity index (χ4n) is 0.248. The Morgan fingerprint density at radius 2 is 1.40 bits per heavy atom. The summed E-state index contributed by atoms with van der Waals surface area (Å²) in [6.45, 7) is 0. The van der Waals surface area contributed by atoms with Gasteiger partial charge in [0.25, 0.3) is 0 Å². The third kappa shape index (κ3) is 4.97. The molecule has 0 rings (SSSR count). The predicted octanol–water partition coefficient (Wildman–Crippen LogP) is -3.47. The number of hydrogen-bond acceptors (Lipinski definition) is 4. The number of rotatable bonds is 2. The van der Waals surface area contributed by atoms with Crippen molar-refractivity contribution in [2.45, 2.75) is 6.42 Å². The second-order valence-electron chi connectivity index (χ2n) is 1.31. The molecule has 0 saturated heterocycles. The minimum Gasteiger partial charge on any atom is -0.412 e. The summed E-state index contributed by atoms with van der Waals surface area (Å²) in [5.41, 5.74) is 3.55. The highest BCUT2D eigenvalue weighted by molar-refractivity contribution is 5.96.